The maximum Gasteiger partial charge on any atom is 0.237 e. The van der Waals surface area contributed by atoms with Crippen LogP contribution >= 0.6 is 0 Å². The van der Waals surface area contributed by atoms with Crippen LogP contribution in [0.4, 0.5) is 0 Å². The van der Waals surface area contributed by atoms with Gasteiger partial charge in [-0.3, -0.25) is 4.98 Å². The molecule has 0 saturated carbocycles. The molecule has 0 aromatic carbocycles. The first kappa shape index (κ1) is 9.53. The lowest BCUT2D eigenvalue weighted by atomic mass is 10.1. The van der Waals surface area contributed by atoms with E-state index in [0.29, 0.717) is 17.3 Å². The SMILES string of the molecule is COc1nccnc1C(N)c1cn[nH]n1. The van der Waals surface area contributed by atoms with Gasteiger partial charge in [0, 0.05) is 12.4 Å². The molecular weight excluding hydrogens is 196 g/mol. The number of rotatable bonds is 3. The van der Waals surface area contributed by atoms with Gasteiger partial charge in [0.05, 0.1) is 19.3 Å². The van der Waals surface area contributed by atoms with Crippen LogP contribution in [0, 0.1) is 0 Å². The Labute approximate surface area is 85.7 Å². The fourth-order valence-corrected chi connectivity index (χ4v) is 1.21. The highest BCUT2D eigenvalue weighted by Crippen LogP contribution is 2.21. The fraction of sp³-hybridized carbons (Fsp3) is 0.250. The summed E-state index contributed by atoms with van der Waals surface area (Å²) in [5.41, 5.74) is 7.06. The minimum atomic E-state index is -0.493. The van der Waals surface area contributed by atoms with Crippen LogP contribution in [-0.4, -0.2) is 32.5 Å². The lowest BCUT2D eigenvalue weighted by Crippen LogP contribution is -2.15. The Bertz CT molecular complexity index is 428. The minimum Gasteiger partial charge on any atom is -0.480 e. The first-order valence-corrected chi connectivity index (χ1v) is 4.29. The molecule has 0 spiro atoms. The van der Waals surface area contributed by atoms with Crippen LogP contribution < -0.4 is 10.5 Å². The molecule has 7 nitrogen and oxygen atoms in total. The van der Waals surface area contributed by atoms with Crippen LogP contribution in [-0.2, 0) is 0 Å². The molecule has 2 aromatic rings. The molecule has 1 atom stereocenters. The van der Waals surface area contributed by atoms with E-state index >= 15 is 0 Å². The van der Waals surface area contributed by atoms with E-state index in [4.69, 9.17) is 10.5 Å². The number of nitrogens with zero attached hydrogens (tertiary/aromatic N) is 4. The summed E-state index contributed by atoms with van der Waals surface area (Å²) in [6.07, 6.45) is 4.63. The number of aromatic amines is 1. The van der Waals surface area contributed by atoms with Crippen molar-refractivity contribution in [3.63, 3.8) is 0 Å². The number of ether oxygens (including phenoxy) is 1. The van der Waals surface area contributed by atoms with Gasteiger partial charge in [-0.25, -0.2) is 4.98 Å². The Morgan fingerprint density at radius 1 is 1.40 bits per heavy atom. The third-order valence-corrected chi connectivity index (χ3v) is 1.93. The highest BCUT2D eigenvalue weighted by Gasteiger charge is 2.18. The van der Waals surface area contributed by atoms with Gasteiger partial charge in [0.15, 0.2) is 0 Å². The number of aromatic nitrogens is 5. The summed E-state index contributed by atoms with van der Waals surface area (Å²) in [6, 6.07) is -0.493. The maximum atomic E-state index is 5.93. The third-order valence-electron chi connectivity index (χ3n) is 1.93. The lowest BCUT2D eigenvalue weighted by molar-refractivity contribution is 0.386. The first-order valence-electron chi connectivity index (χ1n) is 4.29. The van der Waals surface area contributed by atoms with E-state index < -0.39 is 6.04 Å². The smallest absolute Gasteiger partial charge is 0.237 e. The molecule has 78 valence electrons. The molecule has 2 heterocycles. The highest BCUT2D eigenvalue weighted by molar-refractivity contribution is 5.26. The Hall–Kier alpha value is -2.02. The van der Waals surface area contributed by atoms with Gasteiger partial charge in [-0.1, -0.05) is 0 Å². The van der Waals surface area contributed by atoms with Gasteiger partial charge in [-0.15, -0.1) is 0 Å². The van der Waals surface area contributed by atoms with Crippen LogP contribution in [0.1, 0.15) is 17.4 Å². The normalized spacial score (nSPS) is 12.4. The van der Waals surface area contributed by atoms with E-state index in [1.807, 2.05) is 0 Å². The molecule has 0 aliphatic heterocycles. The molecule has 0 radical (unpaired) electrons. The minimum absolute atomic E-state index is 0.396. The molecule has 15 heavy (non-hydrogen) atoms. The largest absolute Gasteiger partial charge is 0.480 e. The Morgan fingerprint density at radius 3 is 2.87 bits per heavy atom. The van der Waals surface area contributed by atoms with Crippen LogP contribution in [0.25, 0.3) is 0 Å². The van der Waals surface area contributed by atoms with Gasteiger partial charge in [-0.2, -0.15) is 15.4 Å². The van der Waals surface area contributed by atoms with Crippen molar-refractivity contribution in [1.82, 2.24) is 25.4 Å². The first-order chi connectivity index (χ1) is 7.33. The molecule has 0 fully saturated rings. The monoisotopic (exact) mass is 206 g/mol. The van der Waals surface area contributed by atoms with Gasteiger partial charge < -0.3 is 10.5 Å². The molecule has 0 aliphatic carbocycles. The van der Waals surface area contributed by atoms with E-state index in [2.05, 4.69) is 25.4 Å². The second-order valence-corrected chi connectivity index (χ2v) is 2.82. The molecule has 2 rings (SSSR count). The van der Waals surface area contributed by atoms with E-state index in [1.54, 1.807) is 12.4 Å². The second kappa shape index (κ2) is 4.01. The summed E-state index contributed by atoms with van der Waals surface area (Å²) in [5, 5.41) is 10.1. The van der Waals surface area contributed by atoms with Crippen molar-refractivity contribution in [2.45, 2.75) is 6.04 Å². The maximum absolute atomic E-state index is 5.93. The van der Waals surface area contributed by atoms with Gasteiger partial charge >= 0.3 is 0 Å². The Morgan fingerprint density at radius 2 is 2.20 bits per heavy atom. The summed E-state index contributed by atoms with van der Waals surface area (Å²) < 4.78 is 5.05. The van der Waals surface area contributed by atoms with Crippen molar-refractivity contribution in [1.29, 1.82) is 0 Å². The van der Waals surface area contributed by atoms with Gasteiger partial charge in [-0.05, 0) is 0 Å². The number of nitrogens with two attached hydrogens (primary N) is 1. The van der Waals surface area contributed by atoms with Crippen molar-refractivity contribution in [2.24, 2.45) is 5.73 Å². The second-order valence-electron chi connectivity index (χ2n) is 2.82. The van der Waals surface area contributed by atoms with Crippen LogP contribution in [0.3, 0.4) is 0 Å². The highest BCUT2D eigenvalue weighted by atomic mass is 16.5. The molecule has 7 heteroatoms. The predicted octanol–water partition coefficient (Wildman–Crippen LogP) is -0.349. The number of hydrogen-bond donors (Lipinski definition) is 2. The van der Waals surface area contributed by atoms with Gasteiger partial charge in [0.2, 0.25) is 5.88 Å². The zero-order valence-electron chi connectivity index (χ0n) is 8.08. The quantitative estimate of drug-likeness (QED) is 0.711. The Kier molecular flexibility index (Phi) is 2.55. The van der Waals surface area contributed by atoms with Crippen LogP contribution in [0.2, 0.25) is 0 Å². The van der Waals surface area contributed by atoms with Crippen molar-refractivity contribution >= 4 is 0 Å². The van der Waals surface area contributed by atoms with Gasteiger partial charge in [0.25, 0.3) is 0 Å². The summed E-state index contributed by atoms with van der Waals surface area (Å²) in [5.74, 6) is 0.396. The molecule has 2 aromatic heterocycles. The summed E-state index contributed by atoms with van der Waals surface area (Å²) in [6.45, 7) is 0. The van der Waals surface area contributed by atoms with Crippen LogP contribution in [0.15, 0.2) is 18.6 Å². The fourth-order valence-electron chi connectivity index (χ4n) is 1.21. The zero-order chi connectivity index (χ0) is 10.7. The van der Waals surface area contributed by atoms with Crippen molar-refractivity contribution < 1.29 is 4.74 Å². The number of H-pyrrole nitrogens is 1. The standard InChI is InChI=1S/C8H10N6O/c1-15-8-7(10-2-3-11-8)6(9)5-4-12-14-13-5/h2-4,6H,9H2,1H3,(H,12,13,14). The van der Waals surface area contributed by atoms with E-state index in [1.165, 1.54) is 13.3 Å². The number of nitrogens with one attached hydrogen (secondary N) is 1. The average molecular weight is 206 g/mol. The zero-order valence-corrected chi connectivity index (χ0v) is 8.08. The number of hydrogen-bond acceptors (Lipinski definition) is 6. The number of methoxy groups -OCH3 is 1. The average Bonchev–Trinajstić information content (AvgIpc) is 2.81. The van der Waals surface area contributed by atoms with Crippen molar-refractivity contribution in [3.05, 3.63) is 30.0 Å². The molecule has 3 N–H and O–H groups in total. The molecule has 0 bridgehead atoms. The molecule has 1 unspecified atom stereocenters. The van der Waals surface area contributed by atoms with Crippen molar-refractivity contribution in [3.8, 4) is 5.88 Å². The van der Waals surface area contributed by atoms with Crippen LogP contribution in [0.5, 0.6) is 5.88 Å². The molecule has 0 aliphatic rings. The predicted molar refractivity (Wildman–Crippen MR) is 51.0 cm³/mol. The Balaban J connectivity index is 2.37. The van der Waals surface area contributed by atoms with Crippen molar-refractivity contribution in [2.75, 3.05) is 7.11 Å². The molecule has 0 saturated heterocycles. The topological polar surface area (TPSA) is 103 Å². The summed E-state index contributed by atoms with van der Waals surface area (Å²) >= 11 is 0. The third kappa shape index (κ3) is 1.77. The van der Waals surface area contributed by atoms with Gasteiger partial charge in [0.1, 0.15) is 11.4 Å². The van der Waals surface area contributed by atoms with E-state index in [0.717, 1.165) is 0 Å². The molecule has 0 amide bonds. The van der Waals surface area contributed by atoms with E-state index in [9.17, 15) is 0 Å². The lowest BCUT2D eigenvalue weighted by Gasteiger charge is -2.10. The summed E-state index contributed by atoms with van der Waals surface area (Å²) in [7, 11) is 1.52. The van der Waals surface area contributed by atoms with E-state index in [-0.39, 0.29) is 0 Å². The summed E-state index contributed by atoms with van der Waals surface area (Å²) in [4.78, 5) is 8.12. The molecular formula is C8H10N6O.